The van der Waals surface area contributed by atoms with E-state index >= 15 is 0 Å². The first kappa shape index (κ1) is 20.5. The van der Waals surface area contributed by atoms with E-state index in [0.29, 0.717) is 15.7 Å². The Kier molecular flexibility index (Phi) is 7.39. The van der Waals surface area contributed by atoms with Crippen LogP contribution in [-0.4, -0.2) is 22.3 Å². The van der Waals surface area contributed by atoms with Gasteiger partial charge in [0.25, 0.3) is 5.91 Å². The molecule has 2 amide bonds. The van der Waals surface area contributed by atoms with E-state index in [0.717, 1.165) is 11.6 Å². The van der Waals surface area contributed by atoms with Crippen LogP contribution in [0.3, 0.4) is 0 Å². The van der Waals surface area contributed by atoms with Crippen molar-refractivity contribution in [2.24, 2.45) is 0 Å². The number of ether oxygens (including phenoxy) is 1. The van der Waals surface area contributed by atoms with Crippen molar-refractivity contribution in [2.45, 2.75) is 19.4 Å². The molecule has 0 aliphatic carbocycles. The van der Waals surface area contributed by atoms with Gasteiger partial charge in [-0.2, -0.15) is 0 Å². The summed E-state index contributed by atoms with van der Waals surface area (Å²) in [7, 11) is 0. The Morgan fingerprint density at radius 1 is 1.22 bits per heavy atom. The largest absolute Gasteiger partial charge is 0.508 e. The Morgan fingerprint density at radius 2 is 1.93 bits per heavy atom. The predicted molar refractivity (Wildman–Crippen MR) is 104 cm³/mol. The lowest BCUT2D eigenvalue weighted by molar-refractivity contribution is -0.124. The second-order valence-electron chi connectivity index (χ2n) is 5.70. The molecule has 7 nitrogen and oxygen atoms in total. The van der Waals surface area contributed by atoms with E-state index in [-0.39, 0.29) is 12.2 Å². The lowest BCUT2D eigenvalue weighted by Gasteiger charge is -2.19. The van der Waals surface area contributed by atoms with Crippen LogP contribution in [0.1, 0.15) is 23.7 Å². The zero-order chi connectivity index (χ0) is 19.8. The number of carbonyl (C=O) groups excluding carboxylic acids is 2. The molecule has 0 saturated carbocycles. The average Bonchev–Trinajstić information content (AvgIpc) is 2.64. The molecule has 0 aromatic heterocycles. The fourth-order valence-corrected chi connectivity index (χ4v) is 2.65. The number of phenols is 1. The minimum Gasteiger partial charge on any atom is -0.508 e. The molecule has 0 unspecified atom stereocenters. The van der Waals surface area contributed by atoms with Crippen molar-refractivity contribution >= 4 is 33.6 Å². The highest BCUT2D eigenvalue weighted by Crippen LogP contribution is 2.32. The Balaban J connectivity index is 2.16. The molecule has 0 aliphatic rings. The first-order valence-corrected chi connectivity index (χ1v) is 8.81. The minimum absolute atomic E-state index is 0.0497. The lowest BCUT2D eigenvalue weighted by atomic mass is 10.0. The molecule has 0 radical (unpaired) electrons. The van der Waals surface area contributed by atoms with Crippen LogP contribution < -0.4 is 10.8 Å². The summed E-state index contributed by atoms with van der Waals surface area (Å²) in [5, 5.41) is 21.3. The highest BCUT2D eigenvalue weighted by molar-refractivity contribution is 9.10. The minimum atomic E-state index is -0.851. The quantitative estimate of drug-likeness (QED) is 0.309. The molecule has 8 heteroatoms. The molecule has 0 fully saturated rings. The van der Waals surface area contributed by atoms with Crippen LogP contribution in [0, 0.1) is 6.92 Å². The summed E-state index contributed by atoms with van der Waals surface area (Å²) in [4.78, 5) is 23.4. The van der Waals surface area contributed by atoms with Gasteiger partial charge in [-0.05, 0) is 37.3 Å². The number of aryl methyl sites for hydroxylation is 1. The molecule has 2 aromatic carbocycles. The standard InChI is InChI=1S/C19H19BrN2O5/c1-12-5-8-14(9-6-12)21-19(25)27-17(3-2-4-18(24)22-26)15-11-13(20)7-10-16(15)23/h2,4-11,17,23,26H,3H2,1H3,(H,21,25)(H,22,24)/b4-2+/t17-/m0/s1. The number of amides is 2. The number of hydrogen-bond donors (Lipinski definition) is 4. The number of carbonyl (C=O) groups is 2. The van der Waals surface area contributed by atoms with Crippen LogP contribution in [0.15, 0.2) is 59.1 Å². The highest BCUT2D eigenvalue weighted by atomic mass is 79.9. The van der Waals surface area contributed by atoms with Gasteiger partial charge in [-0.25, -0.2) is 10.3 Å². The van der Waals surface area contributed by atoms with Gasteiger partial charge in [0.2, 0.25) is 0 Å². The van der Waals surface area contributed by atoms with Crippen molar-refractivity contribution in [2.75, 3.05) is 5.32 Å². The Hall–Kier alpha value is -2.84. The Morgan fingerprint density at radius 3 is 2.59 bits per heavy atom. The summed E-state index contributed by atoms with van der Waals surface area (Å²) in [5.41, 5.74) is 3.47. The lowest BCUT2D eigenvalue weighted by Crippen LogP contribution is -2.18. The van der Waals surface area contributed by atoms with Crippen molar-refractivity contribution in [3.63, 3.8) is 0 Å². The van der Waals surface area contributed by atoms with Gasteiger partial charge in [-0.15, -0.1) is 0 Å². The molecular formula is C19H19BrN2O5. The number of hydrogen-bond acceptors (Lipinski definition) is 5. The Bertz CT molecular complexity index is 836. The molecule has 0 bridgehead atoms. The van der Waals surface area contributed by atoms with Crippen LogP contribution in [0.5, 0.6) is 5.75 Å². The molecule has 27 heavy (non-hydrogen) atoms. The van der Waals surface area contributed by atoms with Gasteiger partial charge in [0.1, 0.15) is 11.9 Å². The van der Waals surface area contributed by atoms with Crippen LogP contribution in [0.25, 0.3) is 0 Å². The molecule has 142 valence electrons. The number of halogens is 1. The maximum Gasteiger partial charge on any atom is 0.412 e. The van der Waals surface area contributed by atoms with Gasteiger partial charge in [-0.1, -0.05) is 39.7 Å². The predicted octanol–water partition coefficient (Wildman–Crippen LogP) is 4.20. The third-order valence-corrected chi connectivity index (χ3v) is 4.11. The topological polar surface area (TPSA) is 108 Å². The van der Waals surface area contributed by atoms with E-state index in [1.54, 1.807) is 24.3 Å². The van der Waals surface area contributed by atoms with Gasteiger partial charge < -0.3 is 9.84 Å². The zero-order valence-electron chi connectivity index (χ0n) is 14.5. The maximum absolute atomic E-state index is 12.3. The van der Waals surface area contributed by atoms with Crippen molar-refractivity contribution in [3.05, 3.63) is 70.2 Å². The van der Waals surface area contributed by atoms with Gasteiger partial charge in [-0.3, -0.25) is 15.3 Å². The maximum atomic E-state index is 12.3. The van der Waals surface area contributed by atoms with Crippen LogP contribution in [-0.2, 0) is 9.53 Å². The molecule has 1 atom stereocenters. The summed E-state index contributed by atoms with van der Waals surface area (Å²) in [6, 6.07) is 11.9. The number of benzene rings is 2. The molecule has 0 aliphatic heterocycles. The fraction of sp³-hybridized carbons (Fsp3) is 0.158. The third-order valence-electron chi connectivity index (χ3n) is 3.61. The van der Waals surface area contributed by atoms with Crippen molar-refractivity contribution in [1.82, 2.24) is 5.48 Å². The molecule has 2 rings (SSSR count). The number of phenolic OH excluding ortho intramolecular Hbond substituents is 1. The summed E-state index contributed by atoms with van der Waals surface area (Å²) >= 11 is 3.31. The molecule has 4 N–H and O–H groups in total. The third kappa shape index (κ3) is 6.43. The van der Waals surface area contributed by atoms with Crippen molar-refractivity contribution in [3.8, 4) is 5.75 Å². The van der Waals surface area contributed by atoms with Crippen molar-refractivity contribution in [1.29, 1.82) is 0 Å². The van der Waals surface area contributed by atoms with Gasteiger partial charge >= 0.3 is 6.09 Å². The number of rotatable bonds is 6. The summed E-state index contributed by atoms with van der Waals surface area (Å²) in [6.45, 7) is 1.93. The van der Waals surface area contributed by atoms with Crippen molar-refractivity contribution < 1.29 is 24.6 Å². The van der Waals surface area contributed by atoms with E-state index in [2.05, 4.69) is 21.2 Å². The zero-order valence-corrected chi connectivity index (χ0v) is 16.1. The van der Waals surface area contributed by atoms with E-state index in [1.807, 2.05) is 19.1 Å². The molecular weight excluding hydrogens is 416 g/mol. The Labute approximate surface area is 164 Å². The number of hydroxylamine groups is 1. The monoisotopic (exact) mass is 434 g/mol. The number of nitrogens with one attached hydrogen (secondary N) is 2. The summed E-state index contributed by atoms with van der Waals surface area (Å²) in [5.74, 6) is -0.761. The van der Waals surface area contributed by atoms with Crippen LogP contribution in [0.4, 0.5) is 10.5 Å². The first-order chi connectivity index (χ1) is 12.9. The molecule has 0 saturated heterocycles. The first-order valence-electron chi connectivity index (χ1n) is 8.02. The second kappa shape index (κ2) is 9.75. The number of anilines is 1. The highest BCUT2D eigenvalue weighted by Gasteiger charge is 2.20. The normalized spacial score (nSPS) is 11.8. The fourth-order valence-electron chi connectivity index (χ4n) is 2.27. The average molecular weight is 435 g/mol. The van der Waals surface area contributed by atoms with Crippen LogP contribution >= 0.6 is 15.9 Å². The second-order valence-corrected chi connectivity index (χ2v) is 6.62. The van der Waals surface area contributed by atoms with Gasteiger partial charge in [0, 0.05) is 28.2 Å². The molecule has 0 heterocycles. The van der Waals surface area contributed by atoms with E-state index < -0.39 is 18.1 Å². The van der Waals surface area contributed by atoms with E-state index in [1.165, 1.54) is 17.6 Å². The molecule has 2 aromatic rings. The summed E-state index contributed by atoms with van der Waals surface area (Å²) < 4.78 is 6.14. The van der Waals surface area contributed by atoms with Gasteiger partial charge in [0.05, 0.1) is 0 Å². The van der Waals surface area contributed by atoms with E-state index in [4.69, 9.17) is 9.94 Å². The smallest absolute Gasteiger partial charge is 0.412 e. The van der Waals surface area contributed by atoms with Gasteiger partial charge in [0.15, 0.2) is 0 Å². The summed E-state index contributed by atoms with van der Waals surface area (Å²) in [6.07, 6.45) is 1.08. The SMILES string of the molecule is Cc1ccc(NC(=O)O[C@@H](C/C=C/C(=O)NO)c2cc(Br)ccc2O)cc1. The van der Waals surface area contributed by atoms with E-state index in [9.17, 15) is 14.7 Å². The number of aromatic hydroxyl groups is 1. The van der Waals surface area contributed by atoms with Crippen LogP contribution in [0.2, 0.25) is 0 Å². The molecule has 0 spiro atoms.